The molecular formula is C31H28ClFN6O2. The van der Waals surface area contributed by atoms with Crippen LogP contribution in [0, 0.1) is 5.82 Å². The van der Waals surface area contributed by atoms with Crippen LogP contribution in [0.25, 0.3) is 11.3 Å². The maximum Gasteiger partial charge on any atom is 0.253 e. The van der Waals surface area contributed by atoms with Crippen molar-refractivity contribution in [2.75, 3.05) is 39.6 Å². The number of likely N-dealkylation sites (N-methyl/N-ethyl adjacent to an activating group) is 1. The summed E-state index contributed by atoms with van der Waals surface area (Å²) < 4.78 is 20.6. The first-order valence-electron chi connectivity index (χ1n) is 13.2. The normalized spacial score (nSPS) is 14.5. The van der Waals surface area contributed by atoms with E-state index in [1.54, 1.807) is 42.6 Å². The second kappa shape index (κ2) is 10.9. The van der Waals surface area contributed by atoms with Gasteiger partial charge in [-0.05, 0) is 62.6 Å². The maximum atomic E-state index is 15.1. The van der Waals surface area contributed by atoms with Crippen LogP contribution in [0.2, 0.25) is 5.02 Å². The number of nitrogens with zero attached hydrogens (tertiary/aromatic N) is 5. The Bertz CT molecular complexity index is 1670. The molecule has 6 rings (SSSR count). The molecule has 1 fully saturated rings. The van der Waals surface area contributed by atoms with Gasteiger partial charge in [-0.15, -0.1) is 0 Å². The molecule has 208 valence electrons. The van der Waals surface area contributed by atoms with Crippen LogP contribution in [0.1, 0.15) is 27.0 Å². The van der Waals surface area contributed by atoms with Crippen molar-refractivity contribution in [1.29, 1.82) is 0 Å². The maximum absolute atomic E-state index is 15.1. The minimum Gasteiger partial charge on any atom is -0.496 e. The number of aliphatic imine (C=N–C) groups is 1. The Balaban J connectivity index is 1.28. The fourth-order valence-electron chi connectivity index (χ4n) is 5.06. The number of carbonyl (C=O) groups is 1. The van der Waals surface area contributed by atoms with E-state index in [9.17, 15) is 4.79 Å². The molecule has 0 spiro atoms. The molecule has 0 saturated carbocycles. The highest BCUT2D eigenvalue weighted by molar-refractivity contribution is 6.31. The molecule has 1 N–H and O–H groups in total. The molecule has 3 aromatic carbocycles. The SMILES string of the molecule is COc1cccc(F)c1C1=NCc2cnc(Nc3ccc(C(=O)N4CC(N(C)C)C4)cc3)nc2-c2ccc(Cl)cc21. The van der Waals surface area contributed by atoms with Gasteiger partial charge in [0.25, 0.3) is 5.91 Å². The Morgan fingerprint density at radius 3 is 2.61 bits per heavy atom. The fraction of sp³-hybridized carbons (Fsp3) is 0.226. The summed E-state index contributed by atoms with van der Waals surface area (Å²) in [7, 11) is 5.55. The van der Waals surface area contributed by atoms with Crippen LogP contribution < -0.4 is 10.1 Å². The number of aromatic nitrogens is 2. The van der Waals surface area contributed by atoms with Gasteiger partial charge in [0.1, 0.15) is 11.6 Å². The molecule has 0 bridgehead atoms. The zero-order valence-corrected chi connectivity index (χ0v) is 23.6. The van der Waals surface area contributed by atoms with Crippen LogP contribution in [0.4, 0.5) is 16.0 Å². The summed E-state index contributed by atoms with van der Waals surface area (Å²) in [6.45, 7) is 1.71. The van der Waals surface area contributed by atoms with Crippen molar-refractivity contribution < 1.29 is 13.9 Å². The number of rotatable bonds is 6. The zero-order valence-electron chi connectivity index (χ0n) is 22.9. The third kappa shape index (κ3) is 5.14. The second-order valence-corrected chi connectivity index (χ2v) is 10.7. The smallest absolute Gasteiger partial charge is 0.253 e. The van der Waals surface area contributed by atoms with E-state index in [2.05, 4.69) is 15.2 Å². The Morgan fingerprint density at radius 1 is 1.10 bits per heavy atom. The first-order valence-corrected chi connectivity index (χ1v) is 13.6. The Hall–Kier alpha value is -4.34. The standard InChI is InChI=1S/C31H28ClFN6O2/c1-38(2)22-16-39(17-22)30(40)18-7-10-21(11-8-18)36-31-35-15-19-14-34-29(27-25(33)5-4-6-26(27)41-3)24-13-20(32)9-12-23(24)28(19)37-31/h4-13,15,22H,14,16-17H2,1-3H3,(H,35,36,37). The van der Waals surface area contributed by atoms with Gasteiger partial charge >= 0.3 is 0 Å². The van der Waals surface area contributed by atoms with E-state index >= 15 is 4.39 Å². The summed E-state index contributed by atoms with van der Waals surface area (Å²) in [5.41, 5.74) is 4.94. The van der Waals surface area contributed by atoms with Crippen LogP contribution >= 0.6 is 11.6 Å². The number of nitrogens with one attached hydrogen (secondary N) is 1. The lowest BCUT2D eigenvalue weighted by Crippen LogP contribution is -2.59. The molecule has 1 amide bonds. The number of likely N-dealkylation sites (tertiary alicyclic amines) is 1. The van der Waals surface area contributed by atoms with E-state index in [1.807, 2.05) is 37.2 Å². The van der Waals surface area contributed by atoms with Crippen molar-refractivity contribution in [3.8, 4) is 17.0 Å². The van der Waals surface area contributed by atoms with Crippen molar-refractivity contribution in [2.45, 2.75) is 12.6 Å². The third-order valence-electron chi connectivity index (χ3n) is 7.46. The summed E-state index contributed by atoms with van der Waals surface area (Å²) >= 11 is 6.40. The molecular weight excluding hydrogens is 543 g/mol. The van der Waals surface area contributed by atoms with Gasteiger partial charge in [0, 0.05) is 58.3 Å². The molecule has 1 aromatic heterocycles. The summed E-state index contributed by atoms with van der Waals surface area (Å²) in [4.78, 5) is 30.9. The quantitative estimate of drug-likeness (QED) is 0.333. The van der Waals surface area contributed by atoms with Gasteiger partial charge in [0.05, 0.1) is 30.6 Å². The molecule has 2 aliphatic heterocycles. The van der Waals surface area contributed by atoms with Crippen LogP contribution in [0.3, 0.4) is 0 Å². The van der Waals surface area contributed by atoms with Crippen molar-refractivity contribution in [2.24, 2.45) is 4.99 Å². The molecule has 0 radical (unpaired) electrons. The largest absolute Gasteiger partial charge is 0.496 e. The Kier molecular flexibility index (Phi) is 7.15. The predicted molar refractivity (Wildman–Crippen MR) is 158 cm³/mol. The van der Waals surface area contributed by atoms with E-state index < -0.39 is 5.82 Å². The summed E-state index contributed by atoms with van der Waals surface area (Å²) in [6, 6.07) is 17.8. The molecule has 2 aliphatic rings. The minimum atomic E-state index is -0.443. The number of ether oxygens (including phenoxy) is 1. The van der Waals surface area contributed by atoms with Crippen molar-refractivity contribution in [3.05, 3.63) is 100.0 Å². The van der Waals surface area contributed by atoms with E-state index in [1.165, 1.54) is 13.2 Å². The molecule has 4 aromatic rings. The number of fused-ring (bicyclic) bond motifs is 3. The van der Waals surface area contributed by atoms with Gasteiger partial charge in [-0.25, -0.2) is 14.4 Å². The number of hydrogen-bond acceptors (Lipinski definition) is 7. The predicted octanol–water partition coefficient (Wildman–Crippen LogP) is 5.43. The first-order chi connectivity index (χ1) is 19.8. The summed E-state index contributed by atoms with van der Waals surface area (Å²) in [5, 5.41) is 3.73. The van der Waals surface area contributed by atoms with E-state index in [0.717, 1.165) is 29.9 Å². The van der Waals surface area contributed by atoms with Crippen molar-refractivity contribution in [1.82, 2.24) is 19.8 Å². The average molecular weight is 571 g/mol. The molecule has 0 unspecified atom stereocenters. The van der Waals surface area contributed by atoms with Gasteiger partial charge < -0.3 is 19.9 Å². The van der Waals surface area contributed by atoms with Crippen LogP contribution in [-0.4, -0.2) is 71.7 Å². The average Bonchev–Trinajstić information content (AvgIpc) is 3.08. The fourth-order valence-corrected chi connectivity index (χ4v) is 5.23. The number of methoxy groups -OCH3 is 1. The molecule has 10 heteroatoms. The topological polar surface area (TPSA) is 83.0 Å². The molecule has 41 heavy (non-hydrogen) atoms. The number of benzene rings is 3. The third-order valence-corrected chi connectivity index (χ3v) is 7.70. The van der Waals surface area contributed by atoms with Crippen LogP contribution in [0.5, 0.6) is 5.75 Å². The van der Waals surface area contributed by atoms with Crippen LogP contribution in [0.15, 0.2) is 71.9 Å². The van der Waals surface area contributed by atoms with Gasteiger partial charge in [-0.1, -0.05) is 23.7 Å². The monoisotopic (exact) mass is 570 g/mol. The summed E-state index contributed by atoms with van der Waals surface area (Å²) in [5.74, 6) is 0.338. The molecule has 1 saturated heterocycles. The number of halogens is 2. The lowest BCUT2D eigenvalue weighted by Gasteiger charge is -2.42. The lowest BCUT2D eigenvalue weighted by atomic mass is 9.94. The van der Waals surface area contributed by atoms with Gasteiger partial charge in [0.2, 0.25) is 5.95 Å². The Labute approximate surface area is 242 Å². The number of hydrogen-bond donors (Lipinski definition) is 1. The molecule has 8 nitrogen and oxygen atoms in total. The number of anilines is 2. The first kappa shape index (κ1) is 26.9. The van der Waals surface area contributed by atoms with E-state index in [4.69, 9.17) is 26.3 Å². The van der Waals surface area contributed by atoms with Crippen LogP contribution in [-0.2, 0) is 6.54 Å². The van der Waals surface area contributed by atoms with Crippen molar-refractivity contribution in [3.63, 3.8) is 0 Å². The molecule has 0 atom stereocenters. The van der Waals surface area contributed by atoms with Gasteiger partial charge in [-0.3, -0.25) is 9.79 Å². The number of amides is 1. The lowest BCUT2D eigenvalue weighted by molar-refractivity contribution is 0.0399. The Morgan fingerprint density at radius 2 is 1.88 bits per heavy atom. The van der Waals surface area contributed by atoms with Gasteiger partial charge in [-0.2, -0.15) is 0 Å². The number of carbonyl (C=O) groups excluding carboxylic acids is 1. The zero-order chi connectivity index (χ0) is 28.7. The van der Waals surface area contributed by atoms with Crippen molar-refractivity contribution >= 4 is 34.9 Å². The molecule has 0 aliphatic carbocycles. The highest BCUT2D eigenvalue weighted by Gasteiger charge is 2.32. The summed E-state index contributed by atoms with van der Waals surface area (Å²) in [6.07, 6.45) is 1.72. The van der Waals surface area contributed by atoms with E-state index in [0.29, 0.717) is 45.3 Å². The highest BCUT2D eigenvalue weighted by atomic mass is 35.5. The van der Waals surface area contributed by atoms with E-state index in [-0.39, 0.29) is 18.0 Å². The van der Waals surface area contributed by atoms with Gasteiger partial charge in [0.15, 0.2) is 0 Å². The molecule has 3 heterocycles. The second-order valence-electron chi connectivity index (χ2n) is 10.3. The highest BCUT2D eigenvalue weighted by Crippen LogP contribution is 2.36. The minimum absolute atomic E-state index is 0.0217.